The maximum Gasteiger partial charge on any atom is 0.273 e. The summed E-state index contributed by atoms with van der Waals surface area (Å²) in [6.45, 7) is 6.59. The first-order valence-corrected chi connectivity index (χ1v) is 11.4. The molecule has 2 N–H and O–H groups in total. The lowest BCUT2D eigenvalue weighted by atomic mass is 10.0. The summed E-state index contributed by atoms with van der Waals surface area (Å²) < 4.78 is 29.2. The summed E-state index contributed by atoms with van der Waals surface area (Å²) >= 11 is 0. The smallest absolute Gasteiger partial charge is 0.273 e. The fourth-order valence-electron chi connectivity index (χ4n) is 4.29. The molecular formula is C24H26F2N6O2. The molecule has 0 spiro atoms. The molecule has 178 valence electrons. The van der Waals surface area contributed by atoms with Gasteiger partial charge in [-0.05, 0) is 43.9 Å². The summed E-state index contributed by atoms with van der Waals surface area (Å²) in [5, 5.41) is 2.75. The monoisotopic (exact) mass is 468 g/mol. The van der Waals surface area contributed by atoms with Gasteiger partial charge in [0.15, 0.2) is 17.3 Å². The highest BCUT2D eigenvalue weighted by Gasteiger charge is 2.26. The summed E-state index contributed by atoms with van der Waals surface area (Å²) in [6, 6.07) is 2.99. The molecule has 1 saturated carbocycles. The van der Waals surface area contributed by atoms with E-state index in [2.05, 4.69) is 25.2 Å². The molecule has 0 bridgehead atoms. The molecule has 0 unspecified atom stereocenters. The Hall–Kier alpha value is -3.40. The number of carbonyl (C=O) groups is 1. The molecule has 2 fully saturated rings. The van der Waals surface area contributed by atoms with Gasteiger partial charge in [0.25, 0.3) is 11.5 Å². The minimum atomic E-state index is -0.627. The van der Waals surface area contributed by atoms with E-state index in [4.69, 9.17) is 0 Å². The largest absolute Gasteiger partial charge is 0.368 e. The van der Waals surface area contributed by atoms with Gasteiger partial charge in [-0.2, -0.15) is 0 Å². The number of hydrogen-bond acceptors (Lipinski definition) is 6. The van der Waals surface area contributed by atoms with Crippen LogP contribution in [-0.4, -0.2) is 58.0 Å². The lowest BCUT2D eigenvalue weighted by Gasteiger charge is -2.36. The number of pyridine rings is 1. The Morgan fingerprint density at radius 1 is 1.15 bits per heavy atom. The number of aryl methyl sites for hydroxylation is 2. The average molecular weight is 469 g/mol. The van der Waals surface area contributed by atoms with Crippen LogP contribution in [0.2, 0.25) is 0 Å². The van der Waals surface area contributed by atoms with Crippen molar-refractivity contribution in [2.75, 3.05) is 31.1 Å². The number of aromatic nitrogens is 3. The van der Waals surface area contributed by atoms with Gasteiger partial charge in [0.1, 0.15) is 11.2 Å². The number of anilines is 1. The second-order valence-corrected chi connectivity index (χ2v) is 9.05. The Kier molecular flexibility index (Phi) is 5.76. The topological polar surface area (TPSA) is 94.2 Å². The van der Waals surface area contributed by atoms with Crippen molar-refractivity contribution < 1.29 is 13.6 Å². The maximum atomic E-state index is 14.7. The van der Waals surface area contributed by atoms with Crippen molar-refractivity contribution in [2.45, 2.75) is 39.3 Å². The molecule has 2 aromatic heterocycles. The van der Waals surface area contributed by atoms with E-state index in [1.54, 1.807) is 6.92 Å². The Morgan fingerprint density at radius 3 is 2.56 bits per heavy atom. The van der Waals surface area contributed by atoms with Crippen LogP contribution in [-0.2, 0) is 6.54 Å². The van der Waals surface area contributed by atoms with E-state index in [-0.39, 0.29) is 28.5 Å². The Labute approximate surface area is 195 Å². The van der Waals surface area contributed by atoms with Gasteiger partial charge in [-0.1, -0.05) is 0 Å². The molecule has 1 aromatic carbocycles. The van der Waals surface area contributed by atoms with E-state index in [1.807, 2.05) is 11.8 Å². The average Bonchev–Trinajstić information content (AvgIpc) is 3.63. The number of halogens is 2. The molecule has 1 aliphatic carbocycles. The molecule has 8 nitrogen and oxygen atoms in total. The van der Waals surface area contributed by atoms with Crippen molar-refractivity contribution in [3.8, 4) is 0 Å². The van der Waals surface area contributed by atoms with Crippen LogP contribution in [0.4, 0.5) is 14.5 Å². The number of hydrogen-bond donors (Lipinski definition) is 2. The van der Waals surface area contributed by atoms with Gasteiger partial charge in [0, 0.05) is 44.8 Å². The molecule has 2 aliphatic rings. The minimum absolute atomic E-state index is 0.141. The van der Waals surface area contributed by atoms with Crippen molar-refractivity contribution in [3.05, 3.63) is 62.8 Å². The van der Waals surface area contributed by atoms with Crippen molar-refractivity contribution in [3.63, 3.8) is 0 Å². The fourth-order valence-corrected chi connectivity index (χ4v) is 4.29. The number of amides is 1. The molecule has 0 radical (unpaired) electrons. The minimum Gasteiger partial charge on any atom is -0.368 e. The number of fused-ring (bicyclic) bond motifs is 1. The van der Waals surface area contributed by atoms with Crippen LogP contribution in [0.5, 0.6) is 0 Å². The van der Waals surface area contributed by atoms with E-state index in [0.717, 1.165) is 24.0 Å². The van der Waals surface area contributed by atoms with Gasteiger partial charge >= 0.3 is 0 Å². The van der Waals surface area contributed by atoms with Crippen LogP contribution in [0.25, 0.3) is 11.0 Å². The molecule has 5 rings (SSSR count). The lowest BCUT2D eigenvalue weighted by molar-refractivity contribution is 0.0941. The third-order valence-corrected chi connectivity index (χ3v) is 6.55. The summed E-state index contributed by atoms with van der Waals surface area (Å²) in [7, 11) is 0. The molecule has 0 atom stereocenters. The van der Waals surface area contributed by atoms with Crippen LogP contribution in [0, 0.1) is 25.5 Å². The summed E-state index contributed by atoms with van der Waals surface area (Å²) in [4.78, 5) is 39.2. The molecule has 10 heteroatoms. The zero-order valence-corrected chi connectivity index (χ0v) is 19.1. The highest BCUT2D eigenvalue weighted by molar-refractivity contribution is 5.93. The molecule has 1 saturated heterocycles. The first kappa shape index (κ1) is 22.4. The van der Waals surface area contributed by atoms with Gasteiger partial charge in [0.2, 0.25) is 0 Å². The van der Waals surface area contributed by atoms with Crippen molar-refractivity contribution >= 4 is 22.6 Å². The van der Waals surface area contributed by atoms with E-state index in [9.17, 15) is 18.4 Å². The van der Waals surface area contributed by atoms with E-state index in [1.165, 1.54) is 18.3 Å². The summed E-state index contributed by atoms with van der Waals surface area (Å²) in [6.07, 6.45) is 3.39. The number of aromatic amines is 1. The van der Waals surface area contributed by atoms with Gasteiger partial charge in [-0.15, -0.1) is 0 Å². The summed E-state index contributed by atoms with van der Waals surface area (Å²) in [5.74, 6) is -1.56. The van der Waals surface area contributed by atoms with Crippen molar-refractivity contribution in [1.29, 1.82) is 0 Å². The Bertz CT molecular complexity index is 1330. The third-order valence-electron chi connectivity index (χ3n) is 6.55. The maximum absolute atomic E-state index is 14.7. The number of benzene rings is 1. The second kappa shape index (κ2) is 8.75. The highest BCUT2D eigenvalue weighted by Crippen LogP contribution is 2.25. The van der Waals surface area contributed by atoms with Crippen LogP contribution in [0.1, 0.15) is 40.2 Å². The molecule has 3 aromatic rings. The van der Waals surface area contributed by atoms with E-state index < -0.39 is 17.5 Å². The number of piperazine rings is 1. The standard InChI is InChI=1S/C24H26F2N6O2/c1-13-15(9-18(25)21-20(13)30-23(33)14(2)28-21)12-31-5-7-32(8-6-31)17-10-19(26)22(27-11-17)24(34)29-16-3-4-16/h9-11,16H,3-8,12H2,1-2H3,(H,29,34)(H,30,33). The Morgan fingerprint density at radius 2 is 1.88 bits per heavy atom. The van der Waals surface area contributed by atoms with E-state index >= 15 is 0 Å². The predicted molar refractivity (Wildman–Crippen MR) is 124 cm³/mol. The normalized spacial score (nSPS) is 16.8. The van der Waals surface area contributed by atoms with Crippen molar-refractivity contribution in [1.82, 2.24) is 25.2 Å². The van der Waals surface area contributed by atoms with Crippen LogP contribution in [0.3, 0.4) is 0 Å². The number of nitrogens with zero attached hydrogens (tertiary/aromatic N) is 4. The van der Waals surface area contributed by atoms with E-state index in [0.29, 0.717) is 43.9 Å². The third kappa shape index (κ3) is 4.37. The highest BCUT2D eigenvalue weighted by atomic mass is 19.1. The van der Waals surface area contributed by atoms with Gasteiger partial charge in [-0.25, -0.2) is 18.7 Å². The number of rotatable bonds is 5. The second-order valence-electron chi connectivity index (χ2n) is 9.05. The number of carbonyl (C=O) groups excluding carboxylic acids is 1. The SMILES string of the molecule is Cc1nc2c(F)cc(CN3CCN(c4cnc(C(=O)NC5CC5)c(F)c4)CC3)c(C)c2[nH]c1=O. The van der Waals surface area contributed by atoms with Gasteiger partial charge in [-0.3, -0.25) is 14.5 Å². The lowest BCUT2D eigenvalue weighted by Crippen LogP contribution is -2.46. The number of H-pyrrole nitrogens is 1. The molecule has 3 heterocycles. The number of nitrogens with one attached hydrogen (secondary N) is 2. The van der Waals surface area contributed by atoms with Crippen LogP contribution >= 0.6 is 0 Å². The van der Waals surface area contributed by atoms with Gasteiger partial charge < -0.3 is 15.2 Å². The van der Waals surface area contributed by atoms with Gasteiger partial charge in [0.05, 0.1) is 17.4 Å². The summed E-state index contributed by atoms with van der Waals surface area (Å²) in [5.41, 5.74) is 2.56. The zero-order valence-electron chi connectivity index (χ0n) is 19.1. The zero-order chi connectivity index (χ0) is 24.0. The van der Waals surface area contributed by atoms with Crippen molar-refractivity contribution in [2.24, 2.45) is 0 Å². The molecule has 34 heavy (non-hydrogen) atoms. The first-order valence-electron chi connectivity index (χ1n) is 11.4. The Balaban J connectivity index is 1.26. The quantitative estimate of drug-likeness (QED) is 0.598. The van der Waals surface area contributed by atoms with Crippen LogP contribution in [0.15, 0.2) is 23.1 Å². The molecule has 1 aliphatic heterocycles. The first-order chi connectivity index (χ1) is 16.3. The molecule has 1 amide bonds. The predicted octanol–water partition coefficient (Wildman–Crippen LogP) is 2.43. The van der Waals surface area contributed by atoms with Crippen LogP contribution < -0.4 is 15.8 Å². The molecular weight excluding hydrogens is 442 g/mol. The fraction of sp³-hybridized carbons (Fsp3) is 0.417.